The van der Waals surface area contributed by atoms with E-state index < -0.39 is 0 Å². The highest BCUT2D eigenvalue weighted by Gasteiger charge is 2.21. The summed E-state index contributed by atoms with van der Waals surface area (Å²) in [4.78, 5) is 4.30. The minimum atomic E-state index is 0.856. The third-order valence-corrected chi connectivity index (χ3v) is 2.62. The molecule has 14 heavy (non-hydrogen) atoms. The SMILES string of the molecule is c1cc2cn[nH]c2c(NCC2CC2)n1. The van der Waals surface area contributed by atoms with Crippen LogP contribution in [0.2, 0.25) is 0 Å². The van der Waals surface area contributed by atoms with Crippen LogP contribution in [0.3, 0.4) is 0 Å². The van der Waals surface area contributed by atoms with Gasteiger partial charge in [0.1, 0.15) is 5.52 Å². The Morgan fingerprint density at radius 3 is 3.29 bits per heavy atom. The second kappa shape index (κ2) is 2.97. The number of fused-ring (bicyclic) bond motifs is 1. The van der Waals surface area contributed by atoms with E-state index >= 15 is 0 Å². The van der Waals surface area contributed by atoms with E-state index in [0.717, 1.165) is 29.2 Å². The molecule has 0 atom stereocenters. The summed E-state index contributed by atoms with van der Waals surface area (Å²) in [5.41, 5.74) is 1.01. The van der Waals surface area contributed by atoms with E-state index in [2.05, 4.69) is 20.5 Å². The van der Waals surface area contributed by atoms with E-state index in [-0.39, 0.29) is 0 Å². The minimum Gasteiger partial charge on any atom is -0.368 e. The summed E-state index contributed by atoms with van der Waals surface area (Å²) in [6, 6.07) is 1.96. The standard InChI is InChI=1S/C10H12N4/c1-2-7(1)5-12-10-9-8(3-4-11-10)6-13-14-9/h3-4,6-7H,1-2,5H2,(H,11,12)(H,13,14). The van der Waals surface area contributed by atoms with Crippen LogP contribution in [0.1, 0.15) is 12.8 Å². The lowest BCUT2D eigenvalue weighted by Gasteiger charge is -2.04. The van der Waals surface area contributed by atoms with Gasteiger partial charge in [0, 0.05) is 18.1 Å². The van der Waals surface area contributed by atoms with Crippen LogP contribution in [-0.2, 0) is 0 Å². The number of nitrogens with zero attached hydrogens (tertiary/aromatic N) is 2. The summed E-state index contributed by atoms with van der Waals surface area (Å²) >= 11 is 0. The number of hydrogen-bond donors (Lipinski definition) is 2. The lowest BCUT2D eigenvalue weighted by molar-refractivity contribution is 0.884. The summed E-state index contributed by atoms with van der Waals surface area (Å²) in [6.45, 7) is 1.03. The molecule has 0 aromatic carbocycles. The molecule has 1 saturated carbocycles. The van der Waals surface area contributed by atoms with Crippen molar-refractivity contribution in [3.05, 3.63) is 18.5 Å². The van der Waals surface area contributed by atoms with Crippen LogP contribution in [0.4, 0.5) is 5.82 Å². The highest BCUT2D eigenvalue weighted by Crippen LogP contribution is 2.29. The van der Waals surface area contributed by atoms with E-state index in [0.29, 0.717) is 0 Å². The molecule has 3 rings (SSSR count). The molecule has 0 unspecified atom stereocenters. The molecule has 0 amide bonds. The van der Waals surface area contributed by atoms with Crippen molar-refractivity contribution < 1.29 is 0 Å². The van der Waals surface area contributed by atoms with Gasteiger partial charge in [-0.15, -0.1) is 0 Å². The number of H-pyrrole nitrogens is 1. The van der Waals surface area contributed by atoms with Gasteiger partial charge >= 0.3 is 0 Å². The quantitative estimate of drug-likeness (QED) is 0.772. The first kappa shape index (κ1) is 7.79. The Hall–Kier alpha value is -1.58. The predicted molar refractivity (Wildman–Crippen MR) is 55.1 cm³/mol. The molecule has 2 N–H and O–H groups in total. The molecule has 0 bridgehead atoms. The molecular formula is C10H12N4. The number of nitrogens with one attached hydrogen (secondary N) is 2. The van der Waals surface area contributed by atoms with Gasteiger partial charge in [-0.1, -0.05) is 0 Å². The lowest BCUT2D eigenvalue weighted by atomic mass is 10.3. The summed E-state index contributed by atoms with van der Waals surface area (Å²) in [5, 5.41) is 11.4. The molecule has 0 aliphatic heterocycles. The summed E-state index contributed by atoms with van der Waals surface area (Å²) < 4.78 is 0. The van der Waals surface area contributed by atoms with Gasteiger partial charge in [-0.05, 0) is 24.8 Å². The average Bonchev–Trinajstić information content (AvgIpc) is 2.91. The zero-order valence-electron chi connectivity index (χ0n) is 7.83. The first-order valence-electron chi connectivity index (χ1n) is 4.95. The largest absolute Gasteiger partial charge is 0.368 e. The predicted octanol–water partition coefficient (Wildman–Crippen LogP) is 1.78. The van der Waals surface area contributed by atoms with E-state index in [1.807, 2.05) is 18.5 Å². The van der Waals surface area contributed by atoms with Gasteiger partial charge in [0.05, 0.1) is 6.20 Å². The van der Waals surface area contributed by atoms with Crippen LogP contribution in [0, 0.1) is 5.92 Å². The van der Waals surface area contributed by atoms with Gasteiger partial charge in [0.15, 0.2) is 5.82 Å². The van der Waals surface area contributed by atoms with Gasteiger partial charge in [-0.3, -0.25) is 5.10 Å². The summed E-state index contributed by atoms with van der Waals surface area (Å²) in [7, 11) is 0. The Bertz CT molecular complexity index is 444. The van der Waals surface area contributed by atoms with E-state index in [1.54, 1.807) is 0 Å². The molecule has 0 saturated heterocycles. The molecule has 4 heteroatoms. The molecule has 2 aromatic rings. The van der Waals surface area contributed by atoms with Crippen molar-refractivity contribution in [2.24, 2.45) is 5.92 Å². The van der Waals surface area contributed by atoms with Crippen LogP contribution >= 0.6 is 0 Å². The Morgan fingerprint density at radius 1 is 1.50 bits per heavy atom. The molecule has 4 nitrogen and oxygen atoms in total. The number of aromatic nitrogens is 3. The zero-order valence-corrected chi connectivity index (χ0v) is 7.83. The van der Waals surface area contributed by atoms with E-state index in [4.69, 9.17) is 0 Å². The van der Waals surface area contributed by atoms with Crippen molar-refractivity contribution >= 4 is 16.7 Å². The van der Waals surface area contributed by atoms with Crippen LogP contribution in [0.15, 0.2) is 18.5 Å². The van der Waals surface area contributed by atoms with Crippen molar-refractivity contribution in [2.45, 2.75) is 12.8 Å². The second-order valence-corrected chi connectivity index (χ2v) is 3.82. The van der Waals surface area contributed by atoms with E-state index in [9.17, 15) is 0 Å². The van der Waals surface area contributed by atoms with Gasteiger partial charge in [0.2, 0.25) is 0 Å². The van der Waals surface area contributed by atoms with E-state index in [1.165, 1.54) is 12.8 Å². The Morgan fingerprint density at radius 2 is 2.43 bits per heavy atom. The number of anilines is 1. The van der Waals surface area contributed by atoms with Gasteiger partial charge in [0.25, 0.3) is 0 Å². The fraction of sp³-hybridized carbons (Fsp3) is 0.400. The third-order valence-electron chi connectivity index (χ3n) is 2.62. The number of hydrogen-bond acceptors (Lipinski definition) is 3. The lowest BCUT2D eigenvalue weighted by Crippen LogP contribution is -2.05. The molecule has 0 radical (unpaired) electrons. The van der Waals surface area contributed by atoms with Crippen molar-refractivity contribution in [1.82, 2.24) is 15.2 Å². The van der Waals surface area contributed by atoms with Gasteiger partial charge < -0.3 is 5.32 Å². The molecule has 72 valence electrons. The Labute approximate surface area is 81.7 Å². The highest BCUT2D eigenvalue weighted by molar-refractivity contribution is 5.87. The second-order valence-electron chi connectivity index (χ2n) is 3.82. The van der Waals surface area contributed by atoms with Gasteiger partial charge in [-0.25, -0.2) is 4.98 Å². The van der Waals surface area contributed by atoms with Crippen LogP contribution in [-0.4, -0.2) is 21.7 Å². The Balaban J connectivity index is 1.89. The van der Waals surface area contributed by atoms with Crippen molar-refractivity contribution in [2.75, 3.05) is 11.9 Å². The maximum atomic E-state index is 4.30. The smallest absolute Gasteiger partial charge is 0.151 e. The number of aromatic amines is 1. The topological polar surface area (TPSA) is 53.6 Å². The molecule has 1 aliphatic rings. The van der Waals surface area contributed by atoms with Crippen LogP contribution in [0.25, 0.3) is 10.9 Å². The third kappa shape index (κ3) is 1.32. The molecule has 1 aliphatic carbocycles. The van der Waals surface area contributed by atoms with Crippen molar-refractivity contribution in [1.29, 1.82) is 0 Å². The van der Waals surface area contributed by atoms with Crippen LogP contribution < -0.4 is 5.32 Å². The number of rotatable bonds is 3. The first-order chi connectivity index (χ1) is 6.93. The van der Waals surface area contributed by atoms with Crippen molar-refractivity contribution in [3.63, 3.8) is 0 Å². The monoisotopic (exact) mass is 188 g/mol. The Kier molecular flexibility index (Phi) is 1.65. The average molecular weight is 188 g/mol. The molecule has 1 fully saturated rings. The number of pyridine rings is 1. The molecule has 2 aromatic heterocycles. The van der Waals surface area contributed by atoms with Gasteiger partial charge in [-0.2, -0.15) is 5.10 Å². The molecular weight excluding hydrogens is 176 g/mol. The molecule has 2 heterocycles. The molecule has 0 spiro atoms. The summed E-state index contributed by atoms with van der Waals surface area (Å²) in [6.07, 6.45) is 6.34. The highest BCUT2D eigenvalue weighted by atomic mass is 15.1. The van der Waals surface area contributed by atoms with Crippen molar-refractivity contribution in [3.8, 4) is 0 Å². The fourth-order valence-corrected chi connectivity index (χ4v) is 1.57. The maximum absolute atomic E-state index is 4.30. The van der Waals surface area contributed by atoms with Crippen LogP contribution in [0.5, 0.6) is 0 Å². The maximum Gasteiger partial charge on any atom is 0.151 e. The normalized spacial score (nSPS) is 16.0. The fourth-order valence-electron chi connectivity index (χ4n) is 1.57. The zero-order chi connectivity index (χ0) is 9.38. The summed E-state index contributed by atoms with van der Waals surface area (Å²) in [5.74, 6) is 1.78. The minimum absolute atomic E-state index is 0.856. The first-order valence-corrected chi connectivity index (χ1v) is 4.95.